The Hall–Kier alpha value is -2.94. The zero-order valence-corrected chi connectivity index (χ0v) is 14.7. The molecule has 2 N–H and O–H groups in total. The molecule has 3 heterocycles. The van der Waals surface area contributed by atoms with Crippen LogP contribution in [0.3, 0.4) is 0 Å². The average Bonchev–Trinajstić information content (AvgIpc) is 3.21. The molecule has 1 amide bonds. The maximum atomic E-state index is 12.7. The summed E-state index contributed by atoms with van der Waals surface area (Å²) >= 11 is 1.55. The second kappa shape index (κ2) is 6.75. The summed E-state index contributed by atoms with van der Waals surface area (Å²) < 4.78 is 3.16. The van der Waals surface area contributed by atoms with Crippen molar-refractivity contribution < 1.29 is 4.79 Å². The SMILES string of the molecule is O=C(NCCn1nc(-c2cccs2)n(C2CC2)c1=O)c1ccc(=O)[nH]c1. The summed E-state index contributed by atoms with van der Waals surface area (Å²) in [5, 5.41) is 9.17. The van der Waals surface area contributed by atoms with Gasteiger partial charge in [-0.3, -0.25) is 14.2 Å². The van der Waals surface area contributed by atoms with E-state index in [-0.39, 0.29) is 36.3 Å². The molecule has 3 aromatic rings. The fraction of sp³-hybridized carbons (Fsp3) is 0.294. The van der Waals surface area contributed by atoms with Crippen LogP contribution in [0.4, 0.5) is 0 Å². The van der Waals surface area contributed by atoms with Crippen molar-refractivity contribution in [3.63, 3.8) is 0 Å². The number of H-pyrrole nitrogens is 1. The fourth-order valence-electron chi connectivity index (χ4n) is 2.73. The standard InChI is InChI=1S/C17H17N5O3S/c23-14-6-3-11(10-19-14)16(24)18-7-8-21-17(25)22(12-4-5-12)15(20-21)13-2-1-9-26-13/h1-3,6,9-10,12H,4-5,7-8H2,(H,18,24)(H,19,23). The molecule has 1 saturated carbocycles. The molecule has 3 aromatic heterocycles. The molecule has 0 aromatic carbocycles. The number of nitrogens with one attached hydrogen (secondary N) is 2. The lowest BCUT2D eigenvalue weighted by Gasteiger charge is -2.04. The fourth-order valence-corrected chi connectivity index (χ4v) is 3.44. The van der Waals surface area contributed by atoms with Crippen LogP contribution >= 0.6 is 11.3 Å². The number of amides is 1. The molecule has 1 fully saturated rings. The first-order valence-corrected chi connectivity index (χ1v) is 9.21. The van der Waals surface area contributed by atoms with E-state index < -0.39 is 0 Å². The minimum Gasteiger partial charge on any atom is -0.350 e. The smallest absolute Gasteiger partial charge is 0.346 e. The number of carbonyl (C=O) groups is 1. The van der Waals surface area contributed by atoms with Crippen LogP contribution in [0, 0.1) is 0 Å². The summed E-state index contributed by atoms with van der Waals surface area (Å²) in [6.45, 7) is 0.551. The summed E-state index contributed by atoms with van der Waals surface area (Å²) in [6, 6.07) is 6.86. The molecule has 0 spiro atoms. The highest BCUT2D eigenvalue weighted by molar-refractivity contribution is 7.13. The number of thiophene rings is 1. The van der Waals surface area contributed by atoms with Crippen LogP contribution in [0.5, 0.6) is 0 Å². The van der Waals surface area contributed by atoms with E-state index in [1.165, 1.54) is 23.0 Å². The van der Waals surface area contributed by atoms with Crippen LogP contribution in [0.15, 0.2) is 45.4 Å². The van der Waals surface area contributed by atoms with E-state index in [4.69, 9.17) is 0 Å². The lowest BCUT2D eigenvalue weighted by atomic mass is 10.3. The van der Waals surface area contributed by atoms with E-state index in [0.29, 0.717) is 11.4 Å². The molecule has 4 rings (SSSR count). The van der Waals surface area contributed by atoms with Gasteiger partial charge in [0.15, 0.2) is 5.82 Å². The van der Waals surface area contributed by atoms with Crippen molar-refractivity contribution in [3.8, 4) is 10.7 Å². The number of aromatic nitrogens is 4. The Morgan fingerprint density at radius 3 is 2.81 bits per heavy atom. The van der Waals surface area contributed by atoms with Crippen molar-refractivity contribution in [3.05, 3.63) is 62.2 Å². The zero-order chi connectivity index (χ0) is 18.1. The van der Waals surface area contributed by atoms with E-state index in [2.05, 4.69) is 15.4 Å². The van der Waals surface area contributed by atoms with Crippen LogP contribution in [-0.4, -0.2) is 31.8 Å². The Morgan fingerprint density at radius 2 is 2.15 bits per heavy atom. The second-order valence-electron chi connectivity index (χ2n) is 6.11. The van der Waals surface area contributed by atoms with Crippen molar-refractivity contribution in [2.75, 3.05) is 6.54 Å². The van der Waals surface area contributed by atoms with Crippen molar-refractivity contribution in [2.45, 2.75) is 25.4 Å². The van der Waals surface area contributed by atoms with Gasteiger partial charge < -0.3 is 10.3 Å². The molecule has 9 heteroatoms. The Bertz CT molecular complexity index is 1020. The van der Waals surface area contributed by atoms with Gasteiger partial charge in [-0.25, -0.2) is 9.48 Å². The minimum absolute atomic E-state index is 0.144. The molecule has 1 aliphatic rings. The van der Waals surface area contributed by atoms with Crippen LogP contribution in [-0.2, 0) is 6.54 Å². The van der Waals surface area contributed by atoms with Gasteiger partial charge in [0.25, 0.3) is 5.91 Å². The minimum atomic E-state index is -0.311. The molecule has 0 atom stereocenters. The van der Waals surface area contributed by atoms with Gasteiger partial charge in [-0.1, -0.05) is 6.07 Å². The first kappa shape index (κ1) is 16.5. The lowest BCUT2D eigenvalue weighted by molar-refractivity contribution is 0.0951. The Labute approximate surface area is 152 Å². The summed E-state index contributed by atoms with van der Waals surface area (Å²) in [6.07, 6.45) is 3.35. The number of hydrogen-bond acceptors (Lipinski definition) is 5. The van der Waals surface area contributed by atoms with Gasteiger partial charge in [-0.05, 0) is 30.4 Å². The molecule has 8 nitrogen and oxygen atoms in total. The summed E-state index contributed by atoms with van der Waals surface area (Å²) in [5.41, 5.74) is -0.0475. The van der Waals surface area contributed by atoms with E-state index in [9.17, 15) is 14.4 Å². The highest BCUT2D eigenvalue weighted by Gasteiger charge is 2.30. The third-order valence-electron chi connectivity index (χ3n) is 4.18. The van der Waals surface area contributed by atoms with E-state index in [0.717, 1.165) is 17.7 Å². The van der Waals surface area contributed by atoms with Gasteiger partial charge in [0.05, 0.1) is 17.0 Å². The molecule has 0 radical (unpaired) electrons. The second-order valence-corrected chi connectivity index (χ2v) is 7.05. The van der Waals surface area contributed by atoms with Gasteiger partial charge in [-0.15, -0.1) is 16.4 Å². The molecule has 0 aliphatic heterocycles. The van der Waals surface area contributed by atoms with Crippen molar-refractivity contribution in [1.29, 1.82) is 0 Å². The van der Waals surface area contributed by atoms with Crippen LogP contribution < -0.4 is 16.6 Å². The van der Waals surface area contributed by atoms with E-state index >= 15 is 0 Å². The summed E-state index contributed by atoms with van der Waals surface area (Å²) in [7, 11) is 0. The molecule has 0 unspecified atom stereocenters. The molecular formula is C17H17N5O3S. The first-order chi connectivity index (χ1) is 12.6. The highest BCUT2D eigenvalue weighted by Crippen LogP contribution is 2.37. The van der Waals surface area contributed by atoms with Gasteiger partial charge in [0, 0.05) is 24.8 Å². The number of carbonyl (C=O) groups excluding carboxylic acids is 1. The van der Waals surface area contributed by atoms with Gasteiger partial charge >= 0.3 is 5.69 Å². The largest absolute Gasteiger partial charge is 0.350 e. The Kier molecular flexibility index (Phi) is 4.29. The van der Waals surface area contributed by atoms with Crippen molar-refractivity contribution in [1.82, 2.24) is 24.6 Å². The average molecular weight is 371 g/mol. The monoisotopic (exact) mass is 371 g/mol. The molecule has 134 valence electrons. The summed E-state index contributed by atoms with van der Waals surface area (Å²) in [4.78, 5) is 39.2. The zero-order valence-electron chi connectivity index (χ0n) is 13.8. The molecule has 1 aliphatic carbocycles. The first-order valence-electron chi connectivity index (χ1n) is 8.33. The van der Waals surface area contributed by atoms with Gasteiger partial charge in [0.1, 0.15) is 0 Å². The maximum absolute atomic E-state index is 12.7. The third kappa shape index (κ3) is 3.25. The predicted octanol–water partition coefficient (Wildman–Crippen LogP) is 1.23. The Balaban J connectivity index is 1.48. The normalized spacial score (nSPS) is 13.7. The van der Waals surface area contributed by atoms with Crippen molar-refractivity contribution >= 4 is 17.2 Å². The van der Waals surface area contributed by atoms with E-state index in [1.807, 2.05) is 17.5 Å². The van der Waals surface area contributed by atoms with Gasteiger partial charge in [-0.2, -0.15) is 0 Å². The summed E-state index contributed by atoms with van der Waals surface area (Å²) in [5.74, 6) is 0.383. The van der Waals surface area contributed by atoms with Crippen molar-refractivity contribution in [2.24, 2.45) is 0 Å². The molecule has 26 heavy (non-hydrogen) atoms. The molecule has 0 bridgehead atoms. The highest BCUT2D eigenvalue weighted by atomic mass is 32.1. The number of nitrogens with zero attached hydrogens (tertiary/aromatic N) is 3. The number of aromatic amines is 1. The van der Waals surface area contributed by atoms with Gasteiger partial charge in [0.2, 0.25) is 5.56 Å². The number of pyridine rings is 1. The molecule has 0 saturated heterocycles. The topological polar surface area (TPSA) is 102 Å². The number of hydrogen-bond donors (Lipinski definition) is 2. The predicted molar refractivity (Wildman–Crippen MR) is 97.5 cm³/mol. The third-order valence-corrected chi connectivity index (χ3v) is 5.05. The Morgan fingerprint density at radius 1 is 1.31 bits per heavy atom. The van der Waals surface area contributed by atoms with Crippen LogP contribution in [0.2, 0.25) is 0 Å². The van der Waals surface area contributed by atoms with Crippen LogP contribution in [0.25, 0.3) is 10.7 Å². The van der Waals surface area contributed by atoms with E-state index in [1.54, 1.807) is 15.9 Å². The molecular weight excluding hydrogens is 354 g/mol. The lowest BCUT2D eigenvalue weighted by Crippen LogP contribution is -2.32. The quantitative estimate of drug-likeness (QED) is 0.680. The maximum Gasteiger partial charge on any atom is 0.346 e. The number of rotatable bonds is 6. The van der Waals surface area contributed by atoms with Crippen LogP contribution in [0.1, 0.15) is 29.2 Å².